The Morgan fingerprint density at radius 2 is 1.54 bits per heavy atom. The van der Waals surface area contributed by atoms with Gasteiger partial charge in [0.2, 0.25) is 5.91 Å². The van der Waals surface area contributed by atoms with Crippen LogP contribution in [0.2, 0.25) is 0 Å². The largest absolute Gasteiger partial charge is 0.342 e. The highest BCUT2D eigenvalue weighted by atomic mass is 32.2. The summed E-state index contributed by atoms with van der Waals surface area (Å²) in [5, 5.41) is -0.374. The number of carbonyl (C=O) groups excluding carboxylic acids is 1. The number of rotatable bonds is 3. The van der Waals surface area contributed by atoms with Crippen LogP contribution >= 0.6 is 0 Å². The van der Waals surface area contributed by atoms with Gasteiger partial charge in [0, 0.05) is 19.0 Å². The van der Waals surface area contributed by atoms with Crippen LogP contribution in [0.4, 0.5) is 0 Å². The minimum absolute atomic E-state index is 0.114. The summed E-state index contributed by atoms with van der Waals surface area (Å²) in [4.78, 5) is 17.2. The number of piperidine rings is 2. The molecule has 6 heteroatoms. The van der Waals surface area contributed by atoms with Crippen molar-refractivity contribution in [2.24, 2.45) is 5.92 Å². The standard InChI is InChI=1S/C18H26N2O3S/c1-19-11-7-15(8-12-19)18(21)20-13-9-17(10-14-20)24(22,23)16-5-3-2-4-6-16/h2-6,15,17H,7-14H2,1H3. The zero-order chi connectivity index (χ0) is 17.2. The van der Waals surface area contributed by atoms with E-state index in [1.807, 2.05) is 11.0 Å². The highest BCUT2D eigenvalue weighted by molar-refractivity contribution is 7.92. The van der Waals surface area contributed by atoms with Crippen molar-refractivity contribution in [3.63, 3.8) is 0 Å². The van der Waals surface area contributed by atoms with E-state index in [4.69, 9.17) is 0 Å². The lowest BCUT2D eigenvalue weighted by Gasteiger charge is -2.36. The first-order chi connectivity index (χ1) is 11.5. The number of benzene rings is 1. The number of amides is 1. The van der Waals surface area contributed by atoms with Gasteiger partial charge >= 0.3 is 0 Å². The second kappa shape index (κ2) is 7.23. The van der Waals surface area contributed by atoms with Crippen molar-refractivity contribution < 1.29 is 13.2 Å². The molecular formula is C18H26N2O3S. The summed E-state index contributed by atoms with van der Waals surface area (Å²) < 4.78 is 25.4. The van der Waals surface area contributed by atoms with Crippen LogP contribution < -0.4 is 0 Å². The zero-order valence-corrected chi connectivity index (χ0v) is 15.0. The maximum absolute atomic E-state index is 12.7. The van der Waals surface area contributed by atoms with Crippen LogP contribution in [0.5, 0.6) is 0 Å². The summed E-state index contributed by atoms with van der Waals surface area (Å²) in [6.45, 7) is 3.05. The number of carbonyl (C=O) groups is 1. The Bertz CT molecular complexity index is 659. The highest BCUT2D eigenvalue weighted by Crippen LogP contribution is 2.26. The molecule has 0 radical (unpaired) electrons. The van der Waals surface area contributed by atoms with E-state index in [9.17, 15) is 13.2 Å². The first-order valence-electron chi connectivity index (χ1n) is 8.75. The number of nitrogens with zero attached hydrogens (tertiary/aromatic N) is 2. The molecule has 2 aliphatic rings. The molecule has 2 heterocycles. The maximum Gasteiger partial charge on any atom is 0.225 e. The van der Waals surface area contributed by atoms with Gasteiger partial charge in [-0.3, -0.25) is 4.79 Å². The monoisotopic (exact) mass is 350 g/mol. The Labute approximate surface area is 144 Å². The molecule has 1 aromatic rings. The van der Waals surface area contributed by atoms with Crippen molar-refractivity contribution in [3.05, 3.63) is 30.3 Å². The van der Waals surface area contributed by atoms with Gasteiger partial charge < -0.3 is 9.80 Å². The van der Waals surface area contributed by atoms with Gasteiger partial charge in [-0.1, -0.05) is 18.2 Å². The SMILES string of the molecule is CN1CCC(C(=O)N2CCC(S(=O)(=O)c3ccccc3)CC2)CC1. The van der Waals surface area contributed by atoms with Gasteiger partial charge in [0.05, 0.1) is 10.1 Å². The Morgan fingerprint density at radius 3 is 2.12 bits per heavy atom. The lowest BCUT2D eigenvalue weighted by Crippen LogP contribution is -2.46. The fraction of sp³-hybridized carbons (Fsp3) is 0.611. The molecule has 1 amide bonds. The van der Waals surface area contributed by atoms with Gasteiger partial charge in [0.1, 0.15) is 0 Å². The summed E-state index contributed by atoms with van der Waals surface area (Å²) >= 11 is 0. The van der Waals surface area contributed by atoms with Crippen molar-refractivity contribution in [2.45, 2.75) is 35.8 Å². The lowest BCUT2D eigenvalue weighted by atomic mass is 9.94. The molecule has 5 nitrogen and oxygen atoms in total. The summed E-state index contributed by atoms with van der Waals surface area (Å²) in [5.41, 5.74) is 0. The minimum Gasteiger partial charge on any atom is -0.342 e. The third-order valence-corrected chi connectivity index (χ3v) is 7.61. The molecule has 0 aromatic heterocycles. The Hall–Kier alpha value is -1.40. The fourth-order valence-corrected chi connectivity index (χ4v) is 5.46. The number of hydrogen-bond donors (Lipinski definition) is 0. The van der Waals surface area contributed by atoms with Crippen LogP contribution in [0, 0.1) is 5.92 Å². The lowest BCUT2D eigenvalue weighted by molar-refractivity contribution is -0.137. The molecular weight excluding hydrogens is 324 g/mol. The smallest absolute Gasteiger partial charge is 0.225 e. The molecule has 1 aromatic carbocycles. The molecule has 0 atom stereocenters. The van der Waals surface area contributed by atoms with E-state index in [0.29, 0.717) is 30.8 Å². The van der Waals surface area contributed by atoms with Crippen molar-refractivity contribution in [1.29, 1.82) is 0 Å². The number of likely N-dealkylation sites (tertiary alicyclic amines) is 2. The van der Waals surface area contributed by atoms with Crippen molar-refractivity contribution in [2.75, 3.05) is 33.2 Å². The average molecular weight is 350 g/mol. The maximum atomic E-state index is 12.7. The van der Waals surface area contributed by atoms with E-state index in [1.165, 1.54) is 0 Å². The normalized spacial score (nSPS) is 21.8. The topological polar surface area (TPSA) is 57.7 Å². The van der Waals surface area contributed by atoms with Crippen LogP contribution in [0.25, 0.3) is 0 Å². The molecule has 132 valence electrons. The van der Waals surface area contributed by atoms with E-state index in [2.05, 4.69) is 11.9 Å². The number of sulfone groups is 1. The Balaban J connectivity index is 1.59. The van der Waals surface area contributed by atoms with Crippen molar-refractivity contribution >= 4 is 15.7 Å². The van der Waals surface area contributed by atoms with Gasteiger partial charge in [-0.15, -0.1) is 0 Å². The summed E-state index contributed by atoms with van der Waals surface area (Å²) in [5.74, 6) is 0.335. The average Bonchev–Trinajstić information content (AvgIpc) is 2.62. The van der Waals surface area contributed by atoms with Crippen LogP contribution in [-0.2, 0) is 14.6 Å². The molecule has 24 heavy (non-hydrogen) atoms. The second-order valence-corrected chi connectivity index (χ2v) is 9.19. The van der Waals surface area contributed by atoms with Crippen molar-refractivity contribution in [1.82, 2.24) is 9.80 Å². The molecule has 0 bridgehead atoms. The highest BCUT2D eigenvalue weighted by Gasteiger charge is 2.35. The molecule has 0 unspecified atom stereocenters. The van der Waals surface area contributed by atoms with Crippen molar-refractivity contribution in [3.8, 4) is 0 Å². The molecule has 2 aliphatic heterocycles. The summed E-state index contributed by atoms with van der Waals surface area (Å²) in [6.07, 6.45) is 2.90. The molecule has 0 aliphatic carbocycles. The quantitative estimate of drug-likeness (QED) is 0.834. The third-order valence-electron chi connectivity index (χ3n) is 5.33. The van der Waals surface area contributed by atoms with Gasteiger partial charge in [-0.05, 0) is 58.0 Å². The third kappa shape index (κ3) is 3.64. The summed E-state index contributed by atoms with van der Waals surface area (Å²) in [6, 6.07) is 8.65. The van der Waals surface area contributed by atoms with Crippen LogP contribution in [-0.4, -0.2) is 62.6 Å². The van der Waals surface area contributed by atoms with Crippen LogP contribution in [0.15, 0.2) is 35.2 Å². The second-order valence-electron chi connectivity index (χ2n) is 6.96. The van der Waals surface area contributed by atoms with Gasteiger partial charge in [0.25, 0.3) is 0 Å². The van der Waals surface area contributed by atoms with E-state index in [-0.39, 0.29) is 17.1 Å². The Kier molecular flexibility index (Phi) is 5.25. The molecule has 3 rings (SSSR count). The van der Waals surface area contributed by atoms with Crippen LogP contribution in [0.3, 0.4) is 0 Å². The predicted octanol–water partition coefficient (Wildman–Crippen LogP) is 1.79. The molecule has 0 saturated carbocycles. The molecule has 0 N–H and O–H groups in total. The molecule has 2 fully saturated rings. The van der Waals surface area contributed by atoms with Gasteiger partial charge in [0.15, 0.2) is 9.84 Å². The summed E-state index contributed by atoms with van der Waals surface area (Å²) in [7, 11) is -1.20. The number of hydrogen-bond acceptors (Lipinski definition) is 4. The first-order valence-corrected chi connectivity index (χ1v) is 10.3. The van der Waals surface area contributed by atoms with E-state index >= 15 is 0 Å². The minimum atomic E-state index is -3.29. The zero-order valence-electron chi connectivity index (χ0n) is 14.2. The van der Waals surface area contributed by atoms with Gasteiger partial charge in [-0.25, -0.2) is 8.42 Å². The molecule has 0 spiro atoms. The Morgan fingerprint density at radius 1 is 0.958 bits per heavy atom. The predicted molar refractivity (Wildman–Crippen MR) is 93.5 cm³/mol. The first kappa shape index (κ1) is 17.4. The molecule has 2 saturated heterocycles. The van der Waals surface area contributed by atoms with E-state index in [1.54, 1.807) is 24.3 Å². The fourth-order valence-electron chi connectivity index (χ4n) is 3.70. The van der Waals surface area contributed by atoms with E-state index in [0.717, 1.165) is 25.9 Å². The van der Waals surface area contributed by atoms with Crippen LogP contribution in [0.1, 0.15) is 25.7 Å². The van der Waals surface area contributed by atoms with E-state index < -0.39 is 9.84 Å². The van der Waals surface area contributed by atoms with Gasteiger partial charge in [-0.2, -0.15) is 0 Å².